The third-order valence-corrected chi connectivity index (χ3v) is 4.31. The van der Waals surface area contributed by atoms with E-state index in [2.05, 4.69) is 15.6 Å². The summed E-state index contributed by atoms with van der Waals surface area (Å²) in [4.78, 5) is 17.0. The number of hydrogen-bond donors (Lipinski definition) is 2. The van der Waals surface area contributed by atoms with E-state index >= 15 is 0 Å². The van der Waals surface area contributed by atoms with E-state index in [9.17, 15) is 4.79 Å². The molecule has 1 aromatic heterocycles. The first-order valence-electron chi connectivity index (χ1n) is 9.03. The van der Waals surface area contributed by atoms with Crippen LogP contribution in [-0.2, 0) is 6.54 Å². The summed E-state index contributed by atoms with van der Waals surface area (Å²) in [6.07, 6.45) is 1.61. The second-order valence-electron chi connectivity index (χ2n) is 6.49. The minimum atomic E-state index is -0.233. The summed E-state index contributed by atoms with van der Waals surface area (Å²) < 4.78 is 5.75. The second-order valence-corrected chi connectivity index (χ2v) is 6.90. The van der Waals surface area contributed by atoms with Crippen LogP contribution in [0.15, 0.2) is 66.9 Å². The molecule has 0 bridgehead atoms. The molecule has 1 amide bonds. The SMILES string of the molecule is CC(C)Oc1ccccc1NC(=O)c1ccnc(NCc2ccccc2Cl)c1. The Kier molecular flexibility index (Phi) is 6.50. The predicted octanol–water partition coefficient (Wildman–Crippen LogP) is 5.39. The number of nitrogens with one attached hydrogen (secondary N) is 2. The highest BCUT2D eigenvalue weighted by molar-refractivity contribution is 6.31. The quantitative estimate of drug-likeness (QED) is 0.563. The van der Waals surface area contributed by atoms with Gasteiger partial charge in [-0.3, -0.25) is 4.79 Å². The number of nitrogens with zero attached hydrogens (tertiary/aromatic N) is 1. The first kappa shape index (κ1) is 19.7. The van der Waals surface area contributed by atoms with Crippen molar-refractivity contribution in [1.29, 1.82) is 0 Å². The van der Waals surface area contributed by atoms with Crippen molar-refractivity contribution in [3.05, 3.63) is 83.0 Å². The lowest BCUT2D eigenvalue weighted by Gasteiger charge is -2.15. The van der Waals surface area contributed by atoms with Gasteiger partial charge >= 0.3 is 0 Å². The fourth-order valence-corrected chi connectivity index (χ4v) is 2.82. The third-order valence-electron chi connectivity index (χ3n) is 3.94. The summed E-state index contributed by atoms with van der Waals surface area (Å²) in [7, 11) is 0. The highest BCUT2D eigenvalue weighted by Gasteiger charge is 2.12. The van der Waals surface area contributed by atoms with Gasteiger partial charge < -0.3 is 15.4 Å². The fraction of sp³-hybridized carbons (Fsp3) is 0.182. The summed E-state index contributed by atoms with van der Waals surface area (Å²) in [6.45, 7) is 4.40. The maximum atomic E-state index is 12.7. The van der Waals surface area contributed by atoms with Crippen LogP contribution in [-0.4, -0.2) is 17.0 Å². The second kappa shape index (κ2) is 9.24. The molecule has 1 heterocycles. The Hall–Kier alpha value is -3.05. The van der Waals surface area contributed by atoms with Crippen molar-refractivity contribution in [2.45, 2.75) is 26.5 Å². The number of para-hydroxylation sites is 2. The van der Waals surface area contributed by atoms with Crippen LogP contribution in [0.3, 0.4) is 0 Å². The summed E-state index contributed by atoms with van der Waals surface area (Å²) in [6, 6.07) is 18.3. The number of halogens is 1. The average molecular weight is 396 g/mol. The first-order chi connectivity index (χ1) is 13.5. The van der Waals surface area contributed by atoms with E-state index in [-0.39, 0.29) is 12.0 Å². The monoisotopic (exact) mass is 395 g/mol. The zero-order valence-electron chi connectivity index (χ0n) is 15.8. The smallest absolute Gasteiger partial charge is 0.255 e. The maximum absolute atomic E-state index is 12.7. The number of amides is 1. The standard InChI is InChI=1S/C22H22ClN3O2/c1-15(2)28-20-10-6-5-9-19(20)26-22(27)16-11-12-24-21(13-16)25-14-17-7-3-4-8-18(17)23/h3-13,15H,14H2,1-2H3,(H,24,25)(H,26,27). The molecule has 0 atom stereocenters. The molecule has 0 spiro atoms. The van der Waals surface area contributed by atoms with E-state index in [0.29, 0.717) is 34.4 Å². The van der Waals surface area contributed by atoms with Crippen LogP contribution in [0.1, 0.15) is 29.8 Å². The van der Waals surface area contributed by atoms with E-state index in [4.69, 9.17) is 16.3 Å². The summed E-state index contributed by atoms with van der Waals surface area (Å²) in [5.41, 5.74) is 2.08. The summed E-state index contributed by atoms with van der Waals surface area (Å²) >= 11 is 6.18. The molecule has 0 saturated carbocycles. The lowest BCUT2D eigenvalue weighted by Crippen LogP contribution is -2.15. The molecule has 0 unspecified atom stereocenters. The zero-order chi connectivity index (χ0) is 19.9. The normalized spacial score (nSPS) is 10.6. The molecule has 0 fully saturated rings. The molecule has 2 aromatic carbocycles. The number of rotatable bonds is 7. The molecule has 3 aromatic rings. The molecule has 6 heteroatoms. The minimum Gasteiger partial charge on any atom is -0.489 e. The molecule has 0 aliphatic rings. The highest BCUT2D eigenvalue weighted by Crippen LogP contribution is 2.25. The van der Waals surface area contributed by atoms with Gasteiger partial charge in [0.2, 0.25) is 0 Å². The molecule has 144 valence electrons. The number of carbonyl (C=O) groups excluding carboxylic acids is 1. The van der Waals surface area contributed by atoms with Crippen molar-refractivity contribution in [3.63, 3.8) is 0 Å². The number of hydrogen-bond acceptors (Lipinski definition) is 4. The van der Waals surface area contributed by atoms with Crippen molar-refractivity contribution in [3.8, 4) is 5.75 Å². The van der Waals surface area contributed by atoms with Crippen LogP contribution in [0.25, 0.3) is 0 Å². The maximum Gasteiger partial charge on any atom is 0.255 e. The molecule has 0 aliphatic heterocycles. The first-order valence-corrected chi connectivity index (χ1v) is 9.41. The van der Waals surface area contributed by atoms with Gasteiger partial charge in [-0.2, -0.15) is 0 Å². The highest BCUT2D eigenvalue weighted by atomic mass is 35.5. The molecule has 0 aliphatic carbocycles. The van der Waals surface area contributed by atoms with Gasteiger partial charge in [0.05, 0.1) is 11.8 Å². The van der Waals surface area contributed by atoms with E-state index in [1.54, 1.807) is 18.3 Å². The average Bonchev–Trinajstić information content (AvgIpc) is 2.69. The van der Waals surface area contributed by atoms with Gasteiger partial charge in [-0.1, -0.05) is 41.9 Å². The van der Waals surface area contributed by atoms with Gasteiger partial charge in [0, 0.05) is 23.3 Å². The topological polar surface area (TPSA) is 63.2 Å². The molecule has 3 rings (SSSR count). The number of carbonyl (C=O) groups is 1. The van der Waals surface area contributed by atoms with Gasteiger partial charge in [0.15, 0.2) is 0 Å². The van der Waals surface area contributed by atoms with Crippen molar-refractivity contribution in [2.75, 3.05) is 10.6 Å². The van der Waals surface area contributed by atoms with Crippen LogP contribution >= 0.6 is 11.6 Å². The minimum absolute atomic E-state index is 0.0135. The Balaban J connectivity index is 1.70. The lowest BCUT2D eigenvalue weighted by atomic mass is 10.2. The Morgan fingerprint density at radius 1 is 1.11 bits per heavy atom. The van der Waals surface area contributed by atoms with Crippen LogP contribution in [0.2, 0.25) is 5.02 Å². The molecular formula is C22H22ClN3O2. The van der Waals surface area contributed by atoms with Gasteiger partial charge in [-0.05, 0) is 49.7 Å². The molecule has 2 N–H and O–H groups in total. The molecule has 5 nitrogen and oxygen atoms in total. The Morgan fingerprint density at radius 2 is 1.86 bits per heavy atom. The van der Waals surface area contributed by atoms with Gasteiger partial charge in [0.25, 0.3) is 5.91 Å². The lowest BCUT2D eigenvalue weighted by molar-refractivity contribution is 0.102. The van der Waals surface area contributed by atoms with Gasteiger partial charge in [-0.25, -0.2) is 4.98 Å². The number of pyridine rings is 1. The van der Waals surface area contributed by atoms with Crippen molar-refractivity contribution in [2.24, 2.45) is 0 Å². The number of benzene rings is 2. The van der Waals surface area contributed by atoms with E-state index in [1.165, 1.54) is 0 Å². The van der Waals surface area contributed by atoms with Gasteiger partial charge in [0.1, 0.15) is 11.6 Å². The number of aromatic nitrogens is 1. The Morgan fingerprint density at radius 3 is 2.64 bits per heavy atom. The van der Waals surface area contributed by atoms with E-state index in [0.717, 1.165) is 5.56 Å². The van der Waals surface area contributed by atoms with Crippen molar-refractivity contribution < 1.29 is 9.53 Å². The third kappa shape index (κ3) is 5.24. The summed E-state index contributed by atoms with van der Waals surface area (Å²) in [5.74, 6) is 0.999. The van der Waals surface area contributed by atoms with Crippen molar-refractivity contribution in [1.82, 2.24) is 4.98 Å². The number of ether oxygens (including phenoxy) is 1. The Bertz CT molecular complexity index is 960. The van der Waals surface area contributed by atoms with Gasteiger partial charge in [-0.15, -0.1) is 0 Å². The largest absolute Gasteiger partial charge is 0.489 e. The molecule has 0 radical (unpaired) electrons. The number of anilines is 2. The van der Waals surface area contributed by atoms with Crippen LogP contribution < -0.4 is 15.4 Å². The zero-order valence-corrected chi connectivity index (χ0v) is 16.5. The van der Waals surface area contributed by atoms with Crippen LogP contribution in [0.5, 0.6) is 5.75 Å². The van der Waals surface area contributed by atoms with Crippen LogP contribution in [0.4, 0.5) is 11.5 Å². The predicted molar refractivity (Wildman–Crippen MR) is 113 cm³/mol. The Labute approximate surface area is 169 Å². The molecule has 0 saturated heterocycles. The molecule has 28 heavy (non-hydrogen) atoms. The summed E-state index contributed by atoms with van der Waals surface area (Å²) in [5, 5.41) is 6.79. The van der Waals surface area contributed by atoms with Crippen molar-refractivity contribution >= 4 is 29.0 Å². The van der Waals surface area contributed by atoms with Crippen LogP contribution in [0, 0.1) is 0 Å². The molecular weight excluding hydrogens is 374 g/mol. The van der Waals surface area contributed by atoms with E-state index < -0.39 is 0 Å². The fourth-order valence-electron chi connectivity index (χ4n) is 2.62. The van der Waals surface area contributed by atoms with E-state index in [1.807, 2.05) is 62.4 Å².